The monoisotopic (exact) mass is 178 g/mol. The number of rotatable bonds is 2. The van der Waals surface area contributed by atoms with Crippen LogP contribution in [0.4, 0.5) is 5.82 Å². The van der Waals surface area contributed by atoms with Crippen LogP contribution < -0.4 is 5.73 Å². The highest BCUT2D eigenvalue weighted by atomic mass is 35.5. The van der Waals surface area contributed by atoms with Crippen molar-refractivity contribution in [2.24, 2.45) is 0 Å². The van der Waals surface area contributed by atoms with Gasteiger partial charge in [-0.15, -0.1) is 0 Å². The zero-order valence-electron chi connectivity index (χ0n) is 12.4. The Hall–Kier alpha value is -0.830. The molecule has 1 rings (SSSR count). The van der Waals surface area contributed by atoms with Gasteiger partial charge in [-0.2, -0.15) is 0 Å². The van der Waals surface area contributed by atoms with Crippen molar-refractivity contribution in [3.8, 4) is 0 Å². The molecule has 0 radical (unpaired) electrons. The van der Waals surface area contributed by atoms with Gasteiger partial charge < -0.3 is 5.73 Å². The lowest BCUT2D eigenvalue weighted by Gasteiger charge is -1.98. The molecule has 0 aliphatic carbocycles. The summed E-state index contributed by atoms with van der Waals surface area (Å²) in [5.74, 6) is -0.871. The third-order valence-electron chi connectivity index (χ3n) is 0.889. The number of nitrogens with two attached hydrogens (primary N) is 1. The van der Waals surface area contributed by atoms with Crippen molar-refractivity contribution in [1.29, 1.82) is 0 Å². The molecule has 60 valence electrons. The molecule has 0 saturated carbocycles. The molecule has 0 bridgehead atoms. The summed E-state index contributed by atoms with van der Waals surface area (Å²) < 4.78 is 51.2. The predicted molar refractivity (Wildman–Crippen MR) is 45.4 cm³/mol. The molecule has 1 aromatic heterocycles. The molecule has 4 heteroatoms. The first kappa shape index (κ1) is 2.90. The van der Waals surface area contributed by atoms with Crippen LogP contribution in [0, 0.1) is 0 Å². The van der Waals surface area contributed by atoms with Crippen molar-refractivity contribution in [2.75, 3.05) is 5.73 Å². The molecular weight excluding hydrogens is 162 g/mol. The molecule has 1 heterocycles. The van der Waals surface area contributed by atoms with Crippen LogP contribution in [0.5, 0.6) is 0 Å². The number of nitrogen functional groups attached to an aromatic ring is 1. The van der Waals surface area contributed by atoms with Crippen molar-refractivity contribution >= 4 is 17.4 Å². The number of anilines is 1. The van der Waals surface area contributed by atoms with E-state index in [0.29, 0.717) is 0 Å². The fraction of sp³-hybridized carbons (Fsp3) is 0.429. The number of aryl methyl sites for hydroxylation is 1. The van der Waals surface area contributed by atoms with Crippen molar-refractivity contribution in [1.82, 2.24) is 9.97 Å². The lowest BCUT2D eigenvalue weighted by molar-refractivity contribution is 0.837. The summed E-state index contributed by atoms with van der Waals surface area (Å²) in [5.41, 5.74) is 5.34. The first-order valence-corrected chi connectivity index (χ1v) is 3.08. The van der Waals surface area contributed by atoms with Gasteiger partial charge in [0.2, 0.25) is 0 Å². The lowest BCUT2D eigenvalue weighted by Crippen LogP contribution is -1.98. The van der Waals surface area contributed by atoms with Crippen LogP contribution in [-0.4, -0.2) is 9.97 Å². The Kier molecular flexibility index (Phi) is 0.931. The minimum atomic E-state index is -3.18. The van der Waals surface area contributed by atoms with E-state index < -0.39 is 25.4 Å². The van der Waals surface area contributed by atoms with Gasteiger partial charge in [0.1, 0.15) is 16.8 Å². The predicted octanol–water partition coefficient (Wildman–Crippen LogP) is 1.66. The standard InChI is InChI=1S/C7H10ClN3/c1-2-3-7-10-5(8)4-6(9)11-7/h4H,2-3H2,1H3,(H2,9,10,11)/i1D3,2D2,3D2. The first-order chi connectivity index (χ1) is 7.89. The lowest BCUT2D eigenvalue weighted by atomic mass is 10.3. The first-order valence-electron chi connectivity index (χ1n) is 6.20. The van der Waals surface area contributed by atoms with Crippen molar-refractivity contribution in [2.45, 2.75) is 19.6 Å². The average Bonchev–Trinajstić information content (AvgIpc) is 2.13. The zero-order chi connectivity index (χ0) is 14.4. The van der Waals surface area contributed by atoms with Crippen LogP contribution in [0.1, 0.15) is 28.6 Å². The topological polar surface area (TPSA) is 51.8 Å². The second-order valence-corrected chi connectivity index (χ2v) is 2.08. The molecule has 0 aliphatic rings. The summed E-state index contributed by atoms with van der Waals surface area (Å²) >= 11 is 5.56. The summed E-state index contributed by atoms with van der Waals surface area (Å²) in [7, 11) is 0. The van der Waals surface area contributed by atoms with Gasteiger partial charge >= 0.3 is 0 Å². The number of nitrogens with zero attached hydrogens (tertiary/aromatic N) is 2. The van der Waals surface area contributed by atoms with E-state index in [1.54, 1.807) is 0 Å². The van der Waals surface area contributed by atoms with E-state index >= 15 is 0 Å². The Balaban J connectivity index is 3.37. The summed E-state index contributed by atoms with van der Waals surface area (Å²) in [6.07, 6.45) is -6.14. The van der Waals surface area contributed by atoms with E-state index in [4.69, 9.17) is 26.9 Å². The Morgan fingerprint density at radius 3 is 3.27 bits per heavy atom. The minimum Gasteiger partial charge on any atom is -0.384 e. The number of aromatic nitrogens is 2. The van der Waals surface area contributed by atoms with Crippen molar-refractivity contribution in [3.05, 3.63) is 17.0 Å². The highest BCUT2D eigenvalue weighted by Gasteiger charge is 1.98. The quantitative estimate of drug-likeness (QED) is 0.701. The molecule has 0 spiro atoms. The molecule has 0 amide bonds. The normalized spacial score (nSPS) is 23.2. The van der Waals surface area contributed by atoms with Gasteiger partial charge in [-0.25, -0.2) is 9.97 Å². The largest absolute Gasteiger partial charge is 0.384 e. The van der Waals surface area contributed by atoms with Gasteiger partial charge in [0.25, 0.3) is 0 Å². The molecule has 0 fully saturated rings. The zero-order valence-corrected chi connectivity index (χ0v) is 6.18. The van der Waals surface area contributed by atoms with Crippen LogP contribution in [0.2, 0.25) is 5.15 Å². The highest BCUT2D eigenvalue weighted by Crippen LogP contribution is 2.09. The van der Waals surface area contributed by atoms with Gasteiger partial charge in [0.15, 0.2) is 0 Å². The van der Waals surface area contributed by atoms with Gasteiger partial charge in [-0.3, -0.25) is 0 Å². The van der Waals surface area contributed by atoms with E-state index in [9.17, 15) is 0 Å². The van der Waals surface area contributed by atoms with E-state index in [0.717, 1.165) is 6.07 Å². The molecule has 1 aromatic rings. The summed E-state index contributed by atoms with van der Waals surface area (Å²) in [4.78, 5) is 7.00. The van der Waals surface area contributed by atoms with Crippen molar-refractivity contribution < 1.29 is 9.60 Å². The van der Waals surface area contributed by atoms with Crippen LogP contribution in [-0.2, 0) is 6.37 Å². The Bertz CT molecular complexity index is 439. The molecule has 0 unspecified atom stereocenters. The van der Waals surface area contributed by atoms with E-state index in [1.807, 2.05) is 0 Å². The number of halogens is 1. The maximum absolute atomic E-state index is 7.61. The minimum absolute atomic E-state index is 0.171. The van der Waals surface area contributed by atoms with Gasteiger partial charge in [-0.05, 0) is 6.37 Å². The molecule has 0 atom stereocenters. The molecule has 0 aliphatic heterocycles. The Morgan fingerprint density at radius 1 is 1.82 bits per heavy atom. The van der Waals surface area contributed by atoms with Gasteiger partial charge in [0.05, 0.1) is 0 Å². The smallest absolute Gasteiger partial charge is 0.134 e. The fourth-order valence-corrected chi connectivity index (χ4v) is 0.739. The maximum atomic E-state index is 7.61. The van der Waals surface area contributed by atoms with Gasteiger partial charge in [-0.1, -0.05) is 18.5 Å². The average molecular weight is 179 g/mol. The molecule has 2 N–H and O–H groups in total. The Morgan fingerprint density at radius 2 is 2.64 bits per heavy atom. The molecule has 0 aromatic carbocycles. The van der Waals surface area contributed by atoms with Gasteiger partial charge in [0, 0.05) is 22.0 Å². The second-order valence-electron chi connectivity index (χ2n) is 1.69. The maximum Gasteiger partial charge on any atom is 0.134 e. The molecule has 0 saturated heterocycles. The summed E-state index contributed by atoms with van der Waals surface area (Å²) in [6.45, 7) is -3.18. The second kappa shape index (κ2) is 3.53. The highest BCUT2D eigenvalue weighted by molar-refractivity contribution is 6.29. The Labute approximate surface area is 80.4 Å². The van der Waals surface area contributed by atoms with E-state index in [-0.39, 0.29) is 11.0 Å². The van der Waals surface area contributed by atoms with Crippen LogP contribution in [0.15, 0.2) is 6.07 Å². The number of hydrogen-bond donors (Lipinski definition) is 1. The number of hydrogen-bond acceptors (Lipinski definition) is 3. The molecule has 3 nitrogen and oxygen atoms in total. The van der Waals surface area contributed by atoms with E-state index in [1.165, 1.54) is 0 Å². The summed E-state index contributed by atoms with van der Waals surface area (Å²) in [5, 5.41) is -0.192. The third-order valence-corrected chi connectivity index (χ3v) is 1.08. The molecular formula is C7H10ClN3. The van der Waals surface area contributed by atoms with Crippen molar-refractivity contribution in [3.63, 3.8) is 0 Å². The third kappa shape index (κ3) is 2.35. The molecule has 11 heavy (non-hydrogen) atoms. The van der Waals surface area contributed by atoms with Crippen LogP contribution in [0.25, 0.3) is 0 Å². The van der Waals surface area contributed by atoms with E-state index in [2.05, 4.69) is 9.97 Å². The van der Waals surface area contributed by atoms with Crippen LogP contribution >= 0.6 is 11.6 Å². The summed E-state index contributed by atoms with van der Waals surface area (Å²) in [6, 6.07) is 1.14. The van der Waals surface area contributed by atoms with Crippen LogP contribution in [0.3, 0.4) is 0 Å². The fourth-order valence-electron chi connectivity index (χ4n) is 0.547. The SMILES string of the molecule is [2H]C([2H])([2H])C([2H])([2H])C([2H])([2H])c1nc(N)cc(Cl)n1.